The molecular weight excluding hydrogens is 624 g/mol. The topological polar surface area (TPSA) is 132 Å². The van der Waals surface area contributed by atoms with Crippen LogP contribution in [0, 0.1) is 0 Å². The van der Waals surface area contributed by atoms with Gasteiger partial charge in [0.05, 0.1) is 43.2 Å². The van der Waals surface area contributed by atoms with Crippen molar-refractivity contribution in [3.63, 3.8) is 0 Å². The van der Waals surface area contributed by atoms with E-state index in [2.05, 4.69) is 25.9 Å². The quantitative estimate of drug-likeness (QED) is 0.114. The highest BCUT2D eigenvalue weighted by atomic mass is 31.2. The van der Waals surface area contributed by atoms with Crippen LogP contribution in [-0.4, -0.2) is 53.1 Å². The number of aromatic hydroxyl groups is 1. The zero-order chi connectivity index (χ0) is 33.1. The fourth-order valence-corrected chi connectivity index (χ4v) is 7.40. The van der Waals surface area contributed by atoms with Gasteiger partial charge in [-0.1, -0.05) is 12.1 Å². The molecule has 0 unspecified atom stereocenters. The minimum atomic E-state index is -4.76. The Labute approximate surface area is 265 Å². The van der Waals surface area contributed by atoms with Crippen molar-refractivity contribution in [2.75, 3.05) is 44.0 Å². The van der Waals surface area contributed by atoms with Crippen LogP contribution in [0.15, 0.2) is 42.7 Å². The van der Waals surface area contributed by atoms with E-state index >= 15 is 0 Å². The van der Waals surface area contributed by atoms with E-state index in [1.807, 2.05) is 6.07 Å². The van der Waals surface area contributed by atoms with E-state index < -0.39 is 25.2 Å². The first kappa shape index (κ1) is 33.5. The van der Waals surface area contributed by atoms with E-state index in [9.17, 15) is 22.8 Å². The van der Waals surface area contributed by atoms with Gasteiger partial charge in [0.15, 0.2) is 0 Å². The lowest BCUT2D eigenvalue weighted by Crippen LogP contribution is -2.26. The second-order valence-corrected chi connectivity index (χ2v) is 13.0. The number of nitrogens with one attached hydrogen (secondary N) is 3. The van der Waals surface area contributed by atoms with Crippen molar-refractivity contribution in [3.05, 3.63) is 59.4 Å². The fourth-order valence-electron chi connectivity index (χ4n) is 5.72. The Balaban J connectivity index is 1.48. The Bertz CT molecular complexity index is 1730. The summed E-state index contributed by atoms with van der Waals surface area (Å²) in [6.45, 7) is 5.61. The van der Waals surface area contributed by atoms with Gasteiger partial charge in [-0.15, -0.1) is 0 Å². The van der Waals surface area contributed by atoms with Crippen LogP contribution in [0.3, 0.4) is 0 Å². The van der Waals surface area contributed by atoms with Gasteiger partial charge in [-0.2, -0.15) is 18.2 Å². The van der Waals surface area contributed by atoms with E-state index in [4.69, 9.17) is 13.8 Å². The van der Waals surface area contributed by atoms with Gasteiger partial charge in [0.25, 0.3) is 0 Å². The Morgan fingerprint density at radius 2 is 1.78 bits per heavy atom. The van der Waals surface area contributed by atoms with Crippen molar-refractivity contribution >= 4 is 41.5 Å². The number of ether oxygens (including phenoxy) is 1. The van der Waals surface area contributed by atoms with Crippen molar-refractivity contribution in [1.29, 1.82) is 0 Å². The molecule has 0 saturated carbocycles. The molecule has 11 nitrogen and oxygen atoms in total. The molecule has 1 aliphatic heterocycles. The van der Waals surface area contributed by atoms with Gasteiger partial charge in [-0.25, -0.2) is 4.98 Å². The lowest BCUT2D eigenvalue weighted by Gasteiger charge is -2.24. The van der Waals surface area contributed by atoms with Gasteiger partial charge in [0.1, 0.15) is 17.1 Å². The molecule has 3 heterocycles. The lowest BCUT2D eigenvalue weighted by atomic mass is 9.87. The smallest absolute Gasteiger partial charge is 0.421 e. The molecule has 46 heavy (non-hydrogen) atoms. The Kier molecular flexibility index (Phi) is 10.1. The normalized spacial score (nSPS) is 14.5. The zero-order valence-electron chi connectivity index (χ0n) is 26.1. The molecule has 2 aromatic carbocycles. The summed E-state index contributed by atoms with van der Waals surface area (Å²) < 4.78 is 73.3. The minimum Gasteiger partial charge on any atom is -0.495 e. The summed E-state index contributed by atoms with van der Waals surface area (Å²) in [6.07, 6.45) is -0.429. The van der Waals surface area contributed by atoms with Gasteiger partial charge in [-0.3, -0.25) is 4.57 Å². The van der Waals surface area contributed by atoms with Crippen LogP contribution in [0.5, 0.6) is 11.6 Å². The van der Waals surface area contributed by atoms with E-state index in [1.54, 1.807) is 55.9 Å². The van der Waals surface area contributed by atoms with Crippen LogP contribution in [-0.2, 0) is 33.0 Å². The number of alkyl halides is 3. The van der Waals surface area contributed by atoms with E-state index in [0.29, 0.717) is 28.6 Å². The number of rotatable bonds is 12. The van der Waals surface area contributed by atoms with Gasteiger partial charge in [0.2, 0.25) is 11.8 Å². The third-order valence-corrected chi connectivity index (χ3v) is 9.88. The summed E-state index contributed by atoms with van der Waals surface area (Å²) in [4.78, 5) is 8.13. The zero-order valence-corrected chi connectivity index (χ0v) is 27.0. The number of anilines is 4. The van der Waals surface area contributed by atoms with Crippen LogP contribution in [0.2, 0.25) is 0 Å². The molecule has 5 rings (SSSR count). The van der Waals surface area contributed by atoms with Crippen LogP contribution in [0.25, 0.3) is 10.8 Å². The highest BCUT2D eigenvalue weighted by Gasteiger charge is 2.36. The summed E-state index contributed by atoms with van der Waals surface area (Å²) in [5.41, 5.74) is 1.22. The van der Waals surface area contributed by atoms with Crippen LogP contribution in [0.4, 0.5) is 36.3 Å². The maximum atomic E-state index is 14.2. The van der Waals surface area contributed by atoms with Gasteiger partial charge in [-0.05, 0) is 75.0 Å². The number of aromatic nitrogens is 3. The molecule has 1 aliphatic rings. The van der Waals surface area contributed by atoms with E-state index in [-0.39, 0.29) is 42.8 Å². The van der Waals surface area contributed by atoms with Crippen LogP contribution in [0.1, 0.15) is 49.3 Å². The van der Waals surface area contributed by atoms with Crippen molar-refractivity contribution in [3.8, 4) is 11.6 Å². The fraction of sp³-hybridized carbons (Fsp3) is 0.419. The molecule has 4 N–H and O–H groups in total. The first-order valence-corrected chi connectivity index (χ1v) is 16.7. The standard InChI is InChI=1S/C31H38F3N6O5P/c1-5-44-46(42,45-6-2)18-19-7-9-24(26(15-19)43-4)38-30-36-16-23(31(32,33)34)28(39-30)37-25-10-8-21(20-11-13-35-14-12-20)22-17-40(3)29(41)27(22)25/h7-10,15-17,20,35,41H,5-6,11-14,18H2,1-4H3,(H2,36,37,38,39). The number of aryl methyl sites for hydroxylation is 1. The van der Waals surface area contributed by atoms with Crippen molar-refractivity contribution < 1.29 is 36.6 Å². The third kappa shape index (κ3) is 7.25. The number of methoxy groups -OCH3 is 1. The molecule has 0 bridgehead atoms. The molecule has 0 spiro atoms. The maximum Gasteiger partial charge on any atom is 0.421 e. The summed E-state index contributed by atoms with van der Waals surface area (Å²) in [7, 11) is -0.268. The molecule has 0 atom stereocenters. The Morgan fingerprint density at radius 3 is 2.43 bits per heavy atom. The third-order valence-electron chi connectivity index (χ3n) is 7.83. The Hall–Kier alpha value is -3.84. The number of piperidine rings is 1. The van der Waals surface area contributed by atoms with E-state index in [0.717, 1.165) is 36.9 Å². The number of fused-ring (bicyclic) bond motifs is 1. The highest BCUT2D eigenvalue weighted by Crippen LogP contribution is 2.52. The average Bonchev–Trinajstić information content (AvgIpc) is 3.32. The van der Waals surface area contributed by atoms with Crippen molar-refractivity contribution in [1.82, 2.24) is 19.9 Å². The molecule has 1 saturated heterocycles. The first-order chi connectivity index (χ1) is 22.0. The lowest BCUT2D eigenvalue weighted by molar-refractivity contribution is -0.137. The van der Waals surface area contributed by atoms with Gasteiger partial charge in [0, 0.05) is 24.8 Å². The van der Waals surface area contributed by atoms with Gasteiger partial charge >= 0.3 is 13.8 Å². The molecule has 0 radical (unpaired) electrons. The van der Waals surface area contributed by atoms with Gasteiger partial charge < -0.3 is 39.4 Å². The summed E-state index contributed by atoms with van der Waals surface area (Å²) >= 11 is 0. The number of halogens is 3. The second-order valence-electron chi connectivity index (χ2n) is 10.9. The second kappa shape index (κ2) is 13.9. The molecule has 0 aliphatic carbocycles. The first-order valence-electron chi connectivity index (χ1n) is 15.0. The molecule has 15 heteroatoms. The summed E-state index contributed by atoms with van der Waals surface area (Å²) in [5, 5.41) is 21.2. The monoisotopic (exact) mass is 662 g/mol. The number of benzene rings is 2. The maximum absolute atomic E-state index is 14.2. The molecule has 1 fully saturated rings. The number of hydrogen-bond acceptors (Lipinski definition) is 10. The highest BCUT2D eigenvalue weighted by molar-refractivity contribution is 7.53. The predicted molar refractivity (Wildman–Crippen MR) is 171 cm³/mol. The number of hydrogen-bond donors (Lipinski definition) is 4. The van der Waals surface area contributed by atoms with Crippen LogP contribution < -0.4 is 20.7 Å². The summed E-state index contributed by atoms with van der Waals surface area (Å²) in [5.74, 6) is -0.117. The summed E-state index contributed by atoms with van der Waals surface area (Å²) in [6, 6.07) is 8.51. The van der Waals surface area contributed by atoms with Crippen molar-refractivity contribution in [2.24, 2.45) is 7.05 Å². The minimum absolute atomic E-state index is 0.00734. The molecule has 2 aromatic heterocycles. The molecule has 248 valence electrons. The van der Waals surface area contributed by atoms with E-state index in [1.165, 1.54) is 7.11 Å². The van der Waals surface area contributed by atoms with Crippen molar-refractivity contribution in [2.45, 2.75) is 44.9 Å². The average molecular weight is 663 g/mol. The Morgan fingerprint density at radius 1 is 1.09 bits per heavy atom. The SMILES string of the molecule is CCOP(=O)(Cc1ccc(Nc2ncc(C(F)(F)F)c(Nc3ccc(C4CCNCC4)c4cn(C)c(O)c34)n2)c(OC)c1)OCC. The largest absolute Gasteiger partial charge is 0.495 e. The molecule has 0 amide bonds. The predicted octanol–water partition coefficient (Wildman–Crippen LogP) is 7.42. The molecule has 4 aromatic rings. The van der Waals surface area contributed by atoms with Crippen LogP contribution >= 0.6 is 7.60 Å². The number of nitrogens with zero attached hydrogens (tertiary/aromatic N) is 3. The molecular formula is C31H38F3N6O5P.